The summed E-state index contributed by atoms with van der Waals surface area (Å²) >= 11 is 0. The van der Waals surface area contributed by atoms with Crippen molar-refractivity contribution in [1.29, 1.82) is 0 Å². The van der Waals surface area contributed by atoms with Crippen LogP contribution in [0.3, 0.4) is 0 Å². The maximum atomic E-state index is 12.6. The van der Waals surface area contributed by atoms with E-state index in [0.29, 0.717) is 11.6 Å². The highest BCUT2D eigenvalue weighted by Gasteiger charge is 2.23. The third-order valence-electron chi connectivity index (χ3n) is 4.77. The molecule has 7 nitrogen and oxygen atoms in total. The summed E-state index contributed by atoms with van der Waals surface area (Å²) in [7, 11) is 0. The van der Waals surface area contributed by atoms with Gasteiger partial charge < -0.3 is 9.88 Å². The van der Waals surface area contributed by atoms with Crippen LogP contribution in [0.5, 0.6) is 0 Å². The van der Waals surface area contributed by atoms with Crippen LogP contribution < -0.4 is 5.32 Å². The van der Waals surface area contributed by atoms with Crippen LogP contribution in [0.1, 0.15) is 42.1 Å². The lowest BCUT2D eigenvalue weighted by atomic mass is 9.91. The van der Waals surface area contributed by atoms with Crippen molar-refractivity contribution in [1.82, 2.24) is 29.9 Å². The number of nitrogens with zero attached hydrogens (tertiary/aromatic N) is 5. The van der Waals surface area contributed by atoms with Gasteiger partial charge in [0.2, 0.25) is 0 Å². The molecule has 1 saturated carbocycles. The zero-order valence-corrected chi connectivity index (χ0v) is 13.8. The summed E-state index contributed by atoms with van der Waals surface area (Å²) in [5.41, 5.74) is 1.54. The minimum absolute atomic E-state index is 0.0262. The molecule has 0 spiro atoms. The molecule has 1 fully saturated rings. The Kier molecular flexibility index (Phi) is 4.28. The first-order valence-corrected chi connectivity index (χ1v) is 8.54. The molecule has 4 rings (SSSR count). The molecule has 2 aromatic heterocycles. The summed E-state index contributed by atoms with van der Waals surface area (Å²) < 4.78 is 3.81. The second-order valence-electron chi connectivity index (χ2n) is 6.39. The average molecular weight is 336 g/mol. The van der Waals surface area contributed by atoms with Gasteiger partial charge in [-0.05, 0) is 49.9 Å². The number of nitrogens with one attached hydrogen (secondary N) is 1. The number of carbonyl (C=O) groups excluding carboxylic acids is 1. The molecule has 3 aromatic rings. The first-order chi connectivity index (χ1) is 12.3. The maximum absolute atomic E-state index is 12.6. The summed E-state index contributed by atoms with van der Waals surface area (Å²) in [6.07, 6.45) is 11.1. The van der Waals surface area contributed by atoms with Crippen LogP contribution in [0.2, 0.25) is 0 Å². The van der Waals surface area contributed by atoms with E-state index >= 15 is 0 Å². The Labute approximate surface area is 145 Å². The van der Waals surface area contributed by atoms with Crippen molar-refractivity contribution in [2.24, 2.45) is 0 Å². The van der Waals surface area contributed by atoms with Crippen molar-refractivity contribution < 1.29 is 4.79 Å². The van der Waals surface area contributed by atoms with E-state index in [2.05, 4.69) is 25.2 Å². The van der Waals surface area contributed by atoms with Crippen LogP contribution in [-0.2, 0) is 0 Å². The van der Waals surface area contributed by atoms with E-state index in [-0.39, 0.29) is 11.9 Å². The van der Waals surface area contributed by atoms with Crippen LogP contribution >= 0.6 is 0 Å². The lowest BCUT2D eigenvalue weighted by Gasteiger charge is -2.29. The van der Waals surface area contributed by atoms with Crippen molar-refractivity contribution in [3.05, 3.63) is 60.9 Å². The lowest BCUT2D eigenvalue weighted by molar-refractivity contribution is 0.0922. The highest BCUT2D eigenvalue weighted by atomic mass is 16.1. The molecule has 0 bridgehead atoms. The number of aromatic nitrogens is 5. The SMILES string of the molecule is O=C(NC1CCC(n2cnnc2)CC1)c1cccc(-n2cccn2)c1. The van der Waals surface area contributed by atoms with E-state index < -0.39 is 0 Å². The quantitative estimate of drug-likeness (QED) is 0.793. The maximum Gasteiger partial charge on any atom is 0.251 e. The number of carbonyl (C=O) groups is 1. The third kappa shape index (κ3) is 3.45. The topological polar surface area (TPSA) is 77.6 Å². The molecule has 0 unspecified atom stereocenters. The largest absolute Gasteiger partial charge is 0.349 e. The number of hydrogen-bond donors (Lipinski definition) is 1. The van der Waals surface area contributed by atoms with Crippen molar-refractivity contribution >= 4 is 5.91 Å². The van der Waals surface area contributed by atoms with E-state index in [9.17, 15) is 4.79 Å². The van der Waals surface area contributed by atoms with Gasteiger partial charge in [0, 0.05) is 30.0 Å². The molecule has 0 radical (unpaired) electrons. The molecule has 7 heteroatoms. The minimum Gasteiger partial charge on any atom is -0.349 e. The Morgan fingerprint density at radius 1 is 1.08 bits per heavy atom. The van der Waals surface area contributed by atoms with Gasteiger partial charge >= 0.3 is 0 Å². The van der Waals surface area contributed by atoms with Crippen LogP contribution in [0, 0.1) is 0 Å². The van der Waals surface area contributed by atoms with Crippen LogP contribution in [0.4, 0.5) is 0 Å². The monoisotopic (exact) mass is 336 g/mol. The first kappa shape index (κ1) is 15.6. The van der Waals surface area contributed by atoms with E-state index in [4.69, 9.17) is 0 Å². The van der Waals surface area contributed by atoms with Gasteiger partial charge in [0.15, 0.2) is 0 Å². The van der Waals surface area contributed by atoms with Gasteiger partial charge in [0.1, 0.15) is 12.7 Å². The molecule has 1 aliphatic rings. The van der Waals surface area contributed by atoms with E-state index in [1.54, 1.807) is 23.5 Å². The molecule has 0 saturated heterocycles. The molecule has 0 aliphatic heterocycles. The number of amides is 1. The van der Waals surface area contributed by atoms with Gasteiger partial charge in [-0.2, -0.15) is 5.10 Å². The summed E-state index contributed by atoms with van der Waals surface area (Å²) in [6, 6.07) is 10.0. The second-order valence-corrected chi connectivity index (χ2v) is 6.39. The van der Waals surface area contributed by atoms with E-state index in [1.807, 2.05) is 36.5 Å². The smallest absolute Gasteiger partial charge is 0.251 e. The predicted molar refractivity (Wildman–Crippen MR) is 92.3 cm³/mol. The normalized spacial score (nSPS) is 20.3. The Morgan fingerprint density at radius 2 is 1.88 bits per heavy atom. The molecule has 1 amide bonds. The van der Waals surface area contributed by atoms with Gasteiger partial charge in [-0.25, -0.2) is 4.68 Å². The van der Waals surface area contributed by atoms with Gasteiger partial charge in [-0.1, -0.05) is 6.07 Å². The van der Waals surface area contributed by atoms with Crippen molar-refractivity contribution in [3.8, 4) is 5.69 Å². The standard InChI is InChI=1S/C18H20N6O/c25-18(14-3-1-4-17(11-14)24-10-2-9-21-24)22-15-5-7-16(8-6-15)23-12-19-20-13-23/h1-4,9-13,15-16H,5-8H2,(H,22,25). The van der Waals surface area contributed by atoms with E-state index in [0.717, 1.165) is 31.4 Å². The Morgan fingerprint density at radius 3 is 2.60 bits per heavy atom. The van der Waals surface area contributed by atoms with Crippen molar-refractivity contribution in [2.45, 2.75) is 37.8 Å². The fourth-order valence-corrected chi connectivity index (χ4v) is 3.40. The highest BCUT2D eigenvalue weighted by molar-refractivity contribution is 5.94. The average Bonchev–Trinajstić information content (AvgIpc) is 3.36. The minimum atomic E-state index is -0.0262. The fourth-order valence-electron chi connectivity index (χ4n) is 3.40. The molecule has 1 N–H and O–H groups in total. The molecule has 25 heavy (non-hydrogen) atoms. The number of benzene rings is 1. The Bertz CT molecular complexity index is 819. The summed E-state index contributed by atoms with van der Waals surface area (Å²) in [5.74, 6) is -0.0262. The van der Waals surface area contributed by atoms with Crippen molar-refractivity contribution in [3.63, 3.8) is 0 Å². The molecule has 1 aliphatic carbocycles. The Balaban J connectivity index is 1.37. The molecule has 0 atom stereocenters. The zero-order valence-electron chi connectivity index (χ0n) is 13.8. The number of rotatable bonds is 4. The molecule has 1 aromatic carbocycles. The second kappa shape index (κ2) is 6.88. The molecular formula is C18H20N6O. The van der Waals surface area contributed by atoms with E-state index in [1.165, 1.54) is 0 Å². The van der Waals surface area contributed by atoms with Crippen LogP contribution in [0.15, 0.2) is 55.4 Å². The molecule has 128 valence electrons. The predicted octanol–water partition coefficient (Wildman–Crippen LogP) is 2.38. The number of hydrogen-bond acceptors (Lipinski definition) is 4. The third-order valence-corrected chi connectivity index (χ3v) is 4.77. The lowest BCUT2D eigenvalue weighted by Crippen LogP contribution is -2.37. The summed E-state index contributed by atoms with van der Waals surface area (Å²) in [6.45, 7) is 0. The summed E-state index contributed by atoms with van der Waals surface area (Å²) in [5, 5.41) is 15.1. The first-order valence-electron chi connectivity index (χ1n) is 8.54. The molecular weight excluding hydrogens is 316 g/mol. The fraction of sp³-hybridized carbons (Fsp3) is 0.333. The Hall–Kier alpha value is -2.96. The molecule has 2 heterocycles. The van der Waals surface area contributed by atoms with Crippen LogP contribution in [0.25, 0.3) is 5.69 Å². The van der Waals surface area contributed by atoms with Gasteiger partial charge in [-0.15, -0.1) is 10.2 Å². The van der Waals surface area contributed by atoms with Crippen molar-refractivity contribution in [2.75, 3.05) is 0 Å². The highest BCUT2D eigenvalue weighted by Crippen LogP contribution is 2.28. The summed E-state index contributed by atoms with van der Waals surface area (Å²) in [4.78, 5) is 12.6. The van der Waals surface area contributed by atoms with Crippen LogP contribution in [-0.4, -0.2) is 36.5 Å². The van der Waals surface area contributed by atoms with Gasteiger partial charge in [0.25, 0.3) is 5.91 Å². The van der Waals surface area contributed by atoms with Gasteiger partial charge in [-0.3, -0.25) is 4.79 Å². The zero-order chi connectivity index (χ0) is 17.1. The van der Waals surface area contributed by atoms with Gasteiger partial charge in [0.05, 0.1) is 5.69 Å².